The zero-order valence-electron chi connectivity index (χ0n) is 10.7. The van der Waals surface area contributed by atoms with Crippen molar-refractivity contribution in [1.29, 1.82) is 0 Å². The molecule has 4 bridgehead atoms. The van der Waals surface area contributed by atoms with E-state index >= 15 is 0 Å². The van der Waals surface area contributed by atoms with Crippen LogP contribution in [0.25, 0.3) is 0 Å². The molecule has 2 unspecified atom stereocenters. The van der Waals surface area contributed by atoms with Crippen molar-refractivity contribution in [2.45, 2.75) is 63.4 Å². The van der Waals surface area contributed by atoms with Crippen LogP contribution in [0.5, 0.6) is 0 Å². The van der Waals surface area contributed by atoms with Gasteiger partial charge in [0.05, 0.1) is 5.60 Å². The summed E-state index contributed by atoms with van der Waals surface area (Å²) in [7, 11) is 0. The van der Waals surface area contributed by atoms with Crippen molar-refractivity contribution < 1.29 is 5.11 Å². The smallest absolute Gasteiger partial charge is 0.0767 e. The minimum atomic E-state index is -0.179. The first-order valence-electron chi connectivity index (χ1n) is 7.94. The quantitative estimate of drug-likeness (QED) is 0.735. The molecule has 6 aliphatic rings. The van der Waals surface area contributed by atoms with E-state index in [0.29, 0.717) is 5.41 Å². The molecule has 0 aliphatic heterocycles. The van der Waals surface area contributed by atoms with Gasteiger partial charge in [-0.2, -0.15) is 0 Å². The summed E-state index contributed by atoms with van der Waals surface area (Å²) in [5.41, 5.74) is 0.221. The molecule has 0 saturated heterocycles. The molecule has 2 atom stereocenters. The van der Waals surface area contributed by atoms with E-state index in [9.17, 15) is 5.11 Å². The third kappa shape index (κ3) is 0.993. The van der Waals surface area contributed by atoms with Crippen molar-refractivity contribution in [3.63, 3.8) is 0 Å². The van der Waals surface area contributed by atoms with Crippen LogP contribution in [-0.4, -0.2) is 10.7 Å². The van der Waals surface area contributed by atoms with Crippen molar-refractivity contribution in [1.82, 2.24) is 0 Å². The molecule has 0 heterocycles. The lowest BCUT2D eigenvalue weighted by Gasteiger charge is -2.59. The van der Waals surface area contributed by atoms with Gasteiger partial charge < -0.3 is 5.11 Å². The number of rotatable bonds is 1. The van der Waals surface area contributed by atoms with Gasteiger partial charge in [-0.1, -0.05) is 6.42 Å². The molecule has 6 fully saturated rings. The molecule has 6 saturated carbocycles. The van der Waals surface area contributed by atoms with Crippen LogP contribution in [0.15, 0.2) is 0 Å². The van der Waals surface area contributed by atoms with Crippen molar-refractivity contribution in [3.05, 3.63) is 0 Å². The molecule has 0 amide bonds. The fourth-order valence-electron chi connectivity index (χ4n) is 7.31. The summed E-state index contributed by atoms with van der Waals surface area (Å²) in [4.78, 5) is 0. The van der Waals surface area contributed by atoms with Gasteiger partial charge in [-0.05, 0) is 81.0 Å². The molecule has 0 aromatic heterocycles. The van der Waals surface area contributed by atoms with Crippen LogP contribution in [0.1, 0.15) is 57.8 Å². The summed E-state index contributed by atoms with van der Waals surface area (Å²) in [6.07, 6.45) is 12.8. The lowest BCUT2D eigenvalue weighted by atomic mass is 9.46. The third-order valence-corrected chi connectivity index (χ3v) is 7.43. The maximum Gasteiger partial charge on any atom is 0.0767 e. The lowest BCUT2D eigenvalue weighted by molar-refractivity contribution is -0.147. The van der Waals surface area contributed by atoms with Crippen molar-refractivity contribution in [2.24, 2.45) is 35.0 Å². The second-order valence-electron chi connectivity index (χ2n) is 8.17. The van der Waals surface area contributed by atoms with Gasteiger partial charge >= 0.3 is 0 Å². The van der Waals surface area contributed by atoms with Gasteiger partial charge in [-0.3, -0.25) is 0 Å². The molecule has 94 valence electrons. The normalized spacial score (nSPS) is 67.2. The van der Waals surface area contributed by atoms with Crippen molar-refractivity contribution in [2.75, 3.05) is 0 Å². The topological polar surface area (TPSA) is 20.2 Å². The summed E-state index contributed by atoms with van der Waals surface area (Å²) in [6.45, 7) is 0. The fraction of sp³-hybridized carbons (Fsp3) is 1.00. The molecule has 0 aromatic rings. The van der Waals surface area contributed by atoms with Gasteiger partial charge in [0.15, 0.2) is 0 Å². The van der Waals surface area contributed by atoms with E-state index in [-0.39, 0.29) is 5.60 Å². The maximum absolute atomic E-state index is 11.3. The Labute approximate surface area is 104 Å². The molecule has 1 N–H and O–H groups in total. The second-order valence-corrected chi connectivity index (χ2v) is 8.17. The minimum absolute atomic E-state index is 0.179. The summed E-state index contributed by atoms with van der Waals surface area (Å²) in [6, 6.07) is 0. The lowest BCUT2D eigenvalue weighted by Crippen LogP contribution is -2.54. The van der Waals surface area contributed by atoms with Gasteiger partial charge in [0.2, 0.25) is 0 Å². The predicted octanol–water partition coefficient (Wildman–Crippen LogP) is 3.36. The first-order chi connectivity index (χ1) is 8.21. The van der Waals surface area contributed by atoms with Gasteiger partial charge in [-0.25, -0.2) is 0 Å². The predicted molar refractivity (Wildman–Crippen MR) is 66.4 cm³/mol. The highest BCUT2D eigenvalue weighted by molar-refractivity contribution is 5.25. The Morgan fingerprint density at radius 1 is 0.765 bits per heavy atom. The van der Waals surface area contributed by atoms with E-state index < -0.39 is 0 Å². The molecule has 6 rings (SSSR count). The number of aliphatic hydroxyl groups is 1. The Bertz CT molecular complexity index is 326. The summed E-state index contributed by atoms with van der Waals surface area (Å²) in [5.74, 6) is 4.42. The highest BCUT2D eigenvalue weighted by atomic mass is 16.3. The van der Waals surface area contributed by atoms with E-state index in [1.54, 1.807) is 0 Å². The zero-order chi connectivity index (χ0) is 11.3. The van der Waals surface area contributed by atoms with Crippen molar-refractivity contribution in [3.8, 4) is 0 Å². The maximum atomic E-state index is 11.3. The Kier molecular flexibility index (Phi) is 1.60. The van der Waals surface area contributed by atoms with E-state index in [4.69, 9.17) is 0 Å². The molecule has 0 radical (unpaired) electrons. The molecule has 6 aliphatic carbocycles. The van der Waals surface area contributed by atoms with E-state index in [0.717, 1.165) is 29.6 Å². The SMILES string of the molecule is OC1(C23CC4CC(CC(C4)C2)C3)C2CCCC21. The minimum Gasteiger partial charge on any atom is -0.389 e. The average Bonchev–Trinajstić information content (AvgIpc) is 2.70. The molecule has 1 nitrogen and oxygen atoms in total. The number of fused-ring (bicyclic) bond motifs is 1. The first kappa shape index (κ1) is 9.83. The number of hydrogen-bond donors (Lipinski definition) is 1. The van der Waals surface area contributed by atoms with Crippen LogP contribution in [-0.2, 0) is 0 Å². The van der Waals surface area contributed by atoms with E-state index in [1.165, 1.54) is 57.8 Å². The molecule has 17 heavy (non-hydrogen) atoms. The molecule has 0 aromatic carbocycles. The first-order valence-corrected chi connectivity index (χ1v) is 7.94. The van der Waals surface area contributed by atoms with Gasteiger partial charge in [-0.15, -0.1) is 0 Å². The Morgan fingerprint density at radius 2 is 1.24 bits per heavy atom. The number of hydrogen-bond acceptors (Lipinski definition) is 1. The Morgan fingerprint density at radius 3 is 1.71 bits per heavy atom. The van der Waals surface area contributed by atoms with Gasteiger partial charge in [0.1, 0.15) is 0 Å². The van der Waals surface area contributed by atoms with E-state index in [2.05, 4.69) is 0 Å². The molecular formula is C16H24O. The van der Waals surface area contributed by atoms with Gasteiger partial charge in [0.25, 0.3) is 0 Å². The Hall–Kier alpha value is -0.0400. The third-order valence-electron chi connectivity index (χ3n) is 7.43. The standard InChI is InChI=1S/C16H24O/c17-16(13-2-1-3-14(13)16)15-7-10-4-11(8-15)6-12(5-10)9-15/h10-14,17H,1-9H2. The average molecular weight is 232 g/mol. The fourth-order valence-corrected chi connectivity index (χ4v) is 7.31. The van der Waals surface area contributed by atoms with Crippen LogP contribution < -0.4 is 0 Å². The molecular weight excluding hydrogens is 208 g/mol. The van der Waals surface area contributed by atoms with Crippen LogP contribution in [0.2, 0.25) is 0 Å². The van der Waals surface area contributed by atoms with Crippen molar-refractivity contribution >= 4 is 0 Å². The van der Waals surface area contributed by atoms with E-state index in [1.807, 2.05) is 0 Å². The van der Waals surface area contributed by atoms with Crippen LogP contribution >= 0.6 is 0 Å². The Balaban J connectivity index is 1.54. The zero-order valence-corrected chi connectivity index (χ0v) is 10.7. The van der Waals surface area contributed by atoms with Crippen LogP contribution in [0.4, 0.5) is 0 Å². The highest BCUT2D eigenvalue weighted by Crippen LogP contribution is 2.76. The molecule has 0 spiro atoms. The monoisotopic (exact) mass is 232 g/mol. The van der Waals surface area contributed by atoms with Crippen LogP contribution in [0.3, 0.4) is 0 Å². The summed E-state index contributed by atoms with van der Waals surface area (Å²) >= 11 is 0. The van der Waals surface area contributed by atoms with Crippen LogP contribution in [0, 0.1) is 35.0 Å². The van der Waals surface area contributed by atoms with Gasteiger partial charge in [0, 0.05) is 5.41 Å². The summed E-state index contributed by atoms with van der Waals surface area (Å²) < 4.78 is 0. The second kappa shape index (κ2) is 2.76. The molecule has 1 heteroatoms. The largest absolute Gasteiger partial charge is 0.389 e. The summed E-state index contributed by atoms with van der Waals surface area (Å²) in [5, 5.41) is 11.3. The highest BCUT2D eigenvalue weighted by Gasteiger charge is 2.76.